The molecule has 3 aromatic rings. The molecular formula is C23H24N4O2. The summed E-state index contributed by atoms with van der Waals surface area (Å²) in [7, 11) is 1.85. The highest BCUT2D eigenvalue weighted by Gasteiger charge is 2.49. The van der Waals surface area contributed by atoms with Gasteiger partial charge in [-0.3, -0.25) is 9.48 Å². The molecule has 4 heterocycles. The third-order valence-electron chi connectivity index (χ3n) is 6.21. The van der Waals surface area contributed by atoms with Gasteiger partial charge in [-0.15, -0.1) is 0 Å². The second kappa shape index (κ2) is 7.35. The number of hydrogen-bond acceptors (Lipinski definition) is 4. The minimum atomic E-state index is 0.0803. The normalized spacial score (nSPS) is 22.8. The minimum absolute atomic E-state index is 0.0803. The first-order valence-electron chi connectivity index (χ1n) is 10.2. The molecule has 0 radical (unpaired) electrons. The molecule has 2 aliphatic rings. The van der Waals surface area contributed by atoms with Crippen molar-refractivity contribution in [3.8, 4) is 17.0 Å². The number of amides is 1. The molecule has 0 saturated carbocycles. The van der Waals surface area contributed by atoms with Crippen LogP contribution in [0.2, 0.25) is 0 Å². The molecular weight excluding hydrogens is 364 g/mol. The highest BCUT2D eigenvalue weighted by molar-refractivity contribution is 5.99. The molecule has 0 spiro atoms. The monoisotopic (exact) mass is 388 g/mol. The van der Waals surface area contributed by atoms with Gasteiger partial charge in [0.2, 0.25) is 5.88 Å². The van der Waals surface area contributed by atoms with E-state index in [1.807, 2.05) is 55.6 Å². The summed E-state index contributed by atoms with van der Waals surface area (Å²) in [5, 5.41) is 4.39. The van der Waals surface area contributed by atoms with E-state index in [0.29, 0.717) is 24.1 Å². The fourth-order valence-corrected chi connectivity index (χ4v) is 4.88. The summed E-state index contributed by atoms with van der Waals surface area (Å²) < 4.78 is 7.62. The predicted octanol–water partition coefficient (Wildman–Crippen LogP) is 3.55. The summed E-state index contributed by atoms with van der Waals surface area (Å²) in [6.45, 7) is 0.596. The van der Waals surface area contributed by atoms with Crippen molar-refractivity contribution >= 4 is 5.91 Å². The lowest BCUT2D eigenvalue weighted by Gasteiger charge is -2.25. The summed E-state index contributed by atoms with van der Waals surface area (Å²) in [6, 6.07) is 16.2. The van der Waals surface area contributed by atoms with Crippen molar-refractivity contribution in [2.45, 2.75) is 31.3 Å². The Kier molecular flexibility index (Phi) is 4.54. The Labute approximate surface area is 170 Å². The van der Waals surface area contributed by atoms with Gasteiger partial charge in [0.05, 0.1) is 12.8 Å². The van der Waals surface area contributed by atoms with Gasteiger partial charge in [-0.2, -0.15) is 5.10 Å². The average molecular weight is 388 g/mol. The zero-order chi connectivity index (χ0) is 19.8. The molecule has 0 N–H and O–H groups in total. The van der Waals surface area contributed by atoms with Gasteiger partial charge in [-0.25, -0.2) is 4.98 Å². The van der Waals surface area contributed by atoms with E-state index in [-0.39, 0.29) is 18.0 Å². The van der Waals surface area contributed by atoms with Crippen molar-refractivity contribution < 1.29 is 9.53 Å². The van der Waals surface area contributed by atoms with E-state index in [9.17, 15) is 4.79 Å². The average Bonchev–Trinajstić information content (AvgIpc) is 3.45. The molecule has 2 aromatic heterocycles. The fraction of sp³-hybridized carbons (Fsp3) is 0.348. The number of carbonyl (C=O) groups is 1. The molecule has 1 aromatic carbocycles. The molecule has 2 bridgehead atoms. The predicted molar refractivity (Wildman–Crippen MR) is 109 cm³/mol. The van der Waals surface area contributed by atoms with Gasteiger partial charge in [0, 0.05) is 42.9 Å². The zero-order valence-electron chi connectivity index (χ0n) is 16.4. The first-order valence-corrected chi connectivity index (χ1v) is 10.2. The minimum Gasteiger partial charge on any atom is -0.477 e. The molecule has 2 saturated heterocycles. The van der Waals surface area contributed by atoms with Gasteiger partial charge in [-0.1, -0.05) is 36.4 Å². The number of carbonyl (C=O) groups excluding carboxylic acids is 1. The number of pyridine rings is 1. The summed E-state index contributed by atoms with van der Waals surface area (Å²) in [6.07, 6.45) is 6.61. The maximum absolute atomic E-state index is 13.6. The van der Waals surface area contributed by atoms with Gasteiger partial charge in [0.25, 0.3) is 5.91 Å². The van der Waals surface area contributed by atoms with Crippen LogP contribution in [0.5, 0.6) is 5.88 Å². The van der Waals surface area contributed by atoms with Gasteiger partial charge in [0.1, 0.15) is 5.69 Å². The summed E-state index contributed by atoms with van der Waals surface area (Å²) >= 11 is 0. The van der Waals surface area contributed by atoms with Crippen molar-refractivity contribution in [2.75, 3.05) is 6.61 Å². The molecule has 2 fully saturated rings. The quantitative estimate of drug-likeness (QED) is 0.671. The SMILES string of the molecule is Cn1ncc(-c2ccccc2)c1C(=O)N1C2CCC1C(COc1ccccn1)C2. The second-order valence-corrected chi connectivity index (χ2v) is 7.88. The Morgan fingerprint density at radius 1 is 1.14 bits per heavy atom. The number of ether oxygens (including phenoxy) is 1. The summed E-state index contributed by atoms with van der Waals surface area (Å²) in [5.74, 6) is 1.07. The van der Waals surface area contributed by atoms with Crippen LogP contribution in [0.1, 0.15) is 29.8 Å². The van der Waals surface area contributed by atoms with E-state index in [1.54, 1.807) is 17.1 Å². The van der Waals surface area contributed by atoms with Crippen LogP contribution in [0.25, 0.3) is 11.1 Å². The molecule has 2 aliphatic heterocycles. The van der Waals surface area contributed by atoms with Crippen LogP contribution < -0.4 is 4.74 Å². The molecule has 29 heavy (non-hydrogen) atoms. The van der Waals surface area contributed by atoms with Crippen molar-refractivity contribution in [3.05, 3.63) is 66.6 Å². The molecule has 6 nitrogen and oxygen atoms in total. The molecule has 148 valence electrons. The Morgan fingerprint density at radius 3 is 2.76 bits per heavy atom. The van der Waals surface area contributed by atoms with Crippen molar-refractivity contribution in [2.24, 2.45) is 13.0 Å². The van der Waals surface area contributed by atoms with Crippen LogP contribution in [-0.2, 0) is 7.05 Å². The topological polar surface area (TPSA) is 60.2 Å². The highest BCUT2D eigenvalue weighted by Crippen LogP contribution is 2.43. The van der Waals surface area contributed by atoms with E-state index >= 15 is 0 Å². The number of aromatic nitrogens is 3. The lowest BCUT2D eigenvalue weighted by molar-refractivity contribution is 0.0699. The Morgan fingerprint density at radius 2 is 1.97 bits per heavy atom. The Hall–Kier alpha value is -3.15. The van der Waals surface area contributed by atoms with Crippen molar-refractivity contribution in [1.82, 2.24) is 19.7 Å². The number of benzene rings is 1. The van der Waals surface area contributed by atoms with E-state index in [1.165, 1.54) is 0 Å². The molecule has 3 atom stereocenters. The Balaban J connectivity index is 1.37. The maximum Gasteiger partial charge on any atom is 0.273 e. The largest absolute Gasteiger partial charge is 0.477 e. The number of nitrogens with zero attached hydrogens (tertiary/aromatic N) is 4. The lowest BCUT2D eigenvalue weighted by atomic mass is 9.90. The number of aryl methyl sites for hydroxylation is 1. The van der Waals surface area contributed by atoms with Gasteiger partial charge in [-0.05, 0) is 30.9 Å². The third kappa shape index (κ3) is 3.18. The standard InChI is InChI=1S/C23H24N4O2/c1-26-22(19(14-25-26)16-7-3-2-4-8-16)23(28)27-18-10-11-20(27)17(13-18)15-29-21-9-5-6-12-24-21/h2-9,12,14,17-18,20H,10-11,13,15H2,1H3. The van der Waals surface area contributed by atoms with Crippen LogP contribution in [0.3, 0.4) is 0 Å². The fourth-order valence-electron chi connectivity index (χ4n) is 4.88. The molecule has 3 unspecified atom stereocenters. The van der Waals surface area contributed by atoms with Gasteiger partial charge < -0.3 is 9.64 Å². The molecule has 0 aliphatic carbocycles. The smallest absolute Gasteiger partial charge is 0.273 e. The van der Waals surface area contributed by atoms with E-state index in [2.05, 4.69) is 15.0 Å². The van der Waals surface area contributed by atoms with Crippen molar-refractivity contribution in [3.63, 3.8) is 0 Å². The zero-order valence-corrected chi connectivity index (χ0v) is 16.4. The first-order chi connectivity index (χ1) is 14.2. The number of rotatable bonds is 5. The van der Waals surface area contributed by atoms with Crippen LogP contribution in [-0.4, -0.2) is 44.3 Å². The van der Waals surface area contributed by atoms with Crippen molar-refractivity contribution in [1.29, 1.82) is 0 Å². The van der Waals surface area contributed by atoms with Crippen LogP contribution in [0.15, 0.2) is 60.9 Å². The summed E-state index contributed by atoms with van der Waals surface area (Å²) in [4.78, 5) is 19.9. The van der Waals surface area contributed by atoms with Crippen LogP contribution >= 0.6 is 0 Å². The lowest BCUT2D eigenvalue weighted by Crippen LogP contribution is -2.38. The molecule has 5 rings (SSSR count). The van der Waals surface area contributed by atoms with E-state index < -0.39 is 0 Å². The van der Waals surface area contributed by atoms with Gasteiger partial charge in [0.15, 0.2) is 0 Å². The third-order valence-corrected chi connectivity index (χ3v) is 6.21. The molecule has 6 heteroatoms. The second-order valence-electron chi connectivity index (χ2n) is 7.88. The Bertz CT molecular complexity index is 1000. The molecule has 1 amide bonds. The number of fused-ring (bicyclic) bond motifs is 2. The highest BCUT2D eigenvalue weighted by atomic mass is 16.5. The number of hydrogen-bond donors (Lipinski definition) is 0. The van der Waals surface area contributed by atoms with Crippen LogP contribution in [0, 0.1) is 5.92 Å². The van der Waals surface area contributed by atoms with Gasteiger partial charge >= 0.3 is 0 Å². The van der Waals surface area contributed by atoms with Crippen LogP contribution in [0.4, 0.5) is 0 Å². The maximum atomic E-state index is 13.6. The van der Waals surface area contributed by atoms with E-state index in [0.717, 1.165) is 30.4 Å². The van der Waals surface area contributed by atoms with E-state index in [4.69, 9.17) is 4.74 Å². The first kappa shape index (κ1) is 17.9. The summed E-state index contributed by atoms with van der Waals surface area (Å²) in [5.41, 5.74) is 2.58.